The van der Waals surface area contributed by atoms with Crippen LogP contribution in [0, 0.1) is 6.92 Å². The number of aryl methyl sites for hydroxylation is 1. The second-order valence-corrected chi connectivity index (χ2v) is 3.92. The molecule has 1 aromatic carbocycles. The van der Waals surface area contributed by atoms with E-state index < -0.39 is 0 Å². The Morgan fingerprint density at radius 1 is 1.27 bits per heavy atom. The summed E-state index contributed by atoms with van der Waals surface area (Å²) in [6, 6.07) is 7.65. The molecule has 1 nitrogen and oxygen atoms in total. The van der Waals surface area contributed by atoms with Crippen molar-refractivity contribution in [2.24, 2.45) is 0 Å². The first-order valence-electron chi connectivity index (χ1n) is 4.32. The molecule has 4 heteroatoms. The van der Waals surface area contributed by atoms with Crippen LogP contribution in [-0.4, -0.2) is 4.98 Å². The third-order valence-corrected chi connectivity index (χ3v) is 2.65. The van der Waals surface area contributed by atoms with Crippen LogP contribution in [0.25, 0.3) is 10.9 Å². The molecule has 0 bridgehead atoms. The summed E-state index contributed by atoms with van der Waals surface area (Å²) in [7, 11) is 0. The molecule has 0 aliphatic heterocycles. The van der Waals surface area contributed by atoms with Crippen LogP contribution in [0.5, 0.6) is 0 Å². The Balaban J connectivity index is 0.00000112. The average molecular weight is 263 g/mol. The standard InChI is InChI=1S/C11H9Cl2N.ClH/c1-7-4-8(6-12)10-5-9(13)2-3-11(10)14-7;/h2-5H,6H2,1H3;1H. The second-order valence-electron chi connectivity index (χ2n) is 3.22. The van der Waals surface area contributed by atoms with E-state index in [0.29, 0.717) is 5.88 Å². The summed E-state index contributed by atoms with van der Waals surface area (Å²) >= 11 is 11.8. The number of alkyl halides is 1. The quantitative estimate of drug-likeness (QED) is 0.696. The molecule has 0 radical (unpaired) electrons. The minimum Gasteiger partial charge on any atom is -0.253 e. The van der Waals surface area contributed by atoms with E-state index in [2.05, 4.69) is 4.98 Å². The zero-order chi connectivity index (χ0) is 10.1. The summed E-state index contributed by atoms with van der Waals surface area (Å²) in [4.78, 5) is 4.41. The van der Waals surface area contributed by atoms with Gasteiger partial charge in [0.25, 0.3) is 0 Å². The molecule has 0 aliphatic rings. The summed E-state index contributed by atoms with van der Waals surface area (Å²) in [5, 5.41) is 1.76. The van der Waals surface area contributed by atoms with Gasteiger partial charge in [0.05, 0.1) is 5.52 Å². The number of hydrogen-bond acceptors (Lipinski definition) is 1. The Bertz CT molecular complexity index is 482. The lowest BCUT2D eigenvalue weighted by atomic mass is 10.1. The third kappa shape index (κ3) is 2.54. The molecule has 80 valence electrons. The highest BCUT2D eigenvalue weighted by Gasteiger charge is 2.03. The zero-order valence-corrected chi connectivity index (χ0v) is 10.5. The van der Waals surface area contributed by atoms with Crippen LogP contribution in [-0.2, 0) is 5.88 Å². The number of benzene rings is 1. The van der Waals surface area contributed by atoms with Gasteiger partial charge in [-0.15, -0.1) is 24.0 Å². The smallest absolute Gasteiger partial charge is 0.0709 e. The normalized spacial score (nSPS) is 10.1. The maximum Gasteiger partial charge on any atom is 0.0709 e. The Morgan fingerprint density at radius 3 is 2.67 bits per heavy atom. The van der Waals surface area contributed by atoms with Crippen LogP contribution < -0.4 is 0 Å². The van der Waals surface area contributed by atoms with E-state index in [4.69, 9.17) is 23.2 Å². The maximum atomic E-state index is 5.92. The van der Waals surface area contributed by atoms with Gasteiger partial charge >= 0.3 is 0 Å². The van der Waals surface area contributed by atoms with Crippen LogP contribution in [0.3, 0.4) is 0 Å². The van der Waals surface area contributed by atoms with E-state index in [-0.39, 0.29) is 12.4 Å². The fourth-order valence-electron chi connectivity index (χ4n) is 1.53. The van der Waals surface area contributed by atoms with E-state index in [1.807, 2.05) is 31.2 Å². The average Bonchev–Trinajstić information content (AvgIpc) is 2.17. The van der Waals surface area contributed by atoms with Crippen molar-refractivity contribution in [3.8, 4) is 0 Å². The summed E-state index contributed by atoms with van der Waals surface area (Å²) in [5.74, 6) is 0.486. The van der Waals surface area contributed by atoms with Gasteiger partial charge in [0, 0.05) is 22.0 Å². The van der Waals surface area contributed by atoms with Gasteiger partial charge in [-0.1, -0.05) is 11.6 Å². The lowest BCUT2D eigenvalue weighted by Gasteiger charge is -2.04. The SMILES string of the molecule is Cc1cc(CCl)c2cc(Cl)ccc2n1.Cl. The zero-order valence-electron chi connectivity index (χ0n) is 8.13. The molecule has 0 fully saturated rings. The van der Waals surface area contributed by atoms with Gasteiger partial charge in [0.2, 0.25) is 0 Å². The Kier molecular flexibility index (Phi) is 4.21. The fourth-order valence-corrected chi connectivity index (χ4v) is 1.92. The Morgan fingerprint density at radius 2 is 2.00 bits per heavy atom. The monoisotopic (exact) mass is 261 g/mol. The first kappa shape index (κ1) is 12.6. The minimum atomic E-state index is 0. The van der Waals surface area contributed by atoms with Crippen LogP contribution >= 0.6 is 35.6 Å². The molecule has 0 unspecified atom stereocenters. The number of fused-ring (bicyclic) bond motifs is 1. The first-order valence-corrected chi connectivity index (χ1v) is 5.23. The number of halogens is 3. The van der Waals surface area contributed by atoms with Gasteiger partial charge in [0.1, 0.15) is 0 Å². The van der Waals surface area contributed by atoms with Gasteiger partial charge in [-0.3, -0.25) is 4.98 Å². The van der Waals surface area contributed by atoms with Crippen molar-refractivity contribution in [2.75, 3.05) is 0 Å². The predicted octanol–water partition coefficient (Wildman–Crippen LogP) is 4.36. The van der Waals surface area contributed by atoms with E-state index in [1.54, 1.807) is 0 Å². The summed E-state index contributed by atoms with van der Waals surface area (Å²) in [5.41, 5.74) is 3.01. The van der Waals surface area contributed by atoms with Crippen molar-refractivity contribution < 1.29 is 0 Å². The number of rotatable bonds is 1. The molecule has 0 saturated heterocycles. The molecular formula is C11H10Cl3N. The Labute approximate surface area is 105 Å². The Hall–Kier alpha value is -0.500. The second kappa shape index (κ2) is 5.02. The molecule has 0 N–H and O–H groups in total. The van der Waals surface area contributed by atoms with Crippen molar-refractivity contribution in [1.82, 2.24) is 4.98 Å². The molecule has 2 aromatic rings. The predicted molar refractivity (Wildman–Crippen MR) is 68.3 cm³/mol. The van der Waals surface area contributed by atoms with Gasteiger partial charge in [0.15, 0.2) is 0 Å². The molecule has 1 aromatic heterocycles. The van der Waals surface area contributed by atoms with E-state index >= 15 is 0 Å². The minimum absolute atomic E-state index is 0. The molecule has 0 amide bonds. The molecule has 2 rings (SSSR count). The van der Waals surface area contributed by atoms with Crippen molar-refractivity contribution in [2.45, 2.75) is 12.8 Å². The van der Waals surface area contributed by atoms with Gasteiger partial charge < -0.3 is 0 Å². The summed E-state index contributed by atoms with van der Waals surface area (Å²) in [6.45, 7) is 1.96. The highest BCUT2D eigenvalue weighted by Crippen LogP contribution is 2.23. The van der Waals surface area contributed by atoms with Crippen LogP contribution in [0.1, 0.15) is 11.3 Å². The van der Waals surface area contributed by atoms with Gasteiger partial charge in [-0.25, -0.2) is 0 Å². The lowest BCUT2D eigenvalue weighted by Crippen LogP contribution is -1.89. The molecule has 15 heavy (non-hydrogen) atoms. The molecule has 0 spiro atoms. The van der Waals surface area contributed by atoms with Crippen molar-refractivity contribution >= 4 is 46.5 Å². The molecule has 0 atom stereocenters. The van der Waals surface area contributed by atoms with Crippen molar-refractivity contribution in [3.05, 3.63) is 40.5 Å². The summed E-state index contributed by atoms with van der Waals surface area (Å²) in [6.07, 6.45) is 0. The van der Waals surface area contributed by atoms with Crippen molar-refractivity contribution in [1.29, 1.82) is 0 Å². The molecular weight excluding hydrogens is 252 g/mol. The van der Waals surface area contributed by atoms with E-state index in [9.17, 15) is 0 Å². The van der Waals surface area contributed by atoms with Crippen LogP contribution in [0.2, 0.25) is 5.02 Å². The molecule has 0 saturated carbocycles. The van der Waals surface area contributed by atoms with Crippen LogP contribution in [0.4, 0.5) is 0 Å². The van der Waals surface area contributed by atoms with Gasteiger partial charge in [-0.2, -0.15) is 0 Å². The lowest BCUT2D eigenvalue weighted by molar-refractivity contribution is 1.22. The molecule has 0 aliphatic carbocycles. The van der Waals surface area contributed by atoms with E-state index in [1.165, 1.54) is 0 Å². The van der Waals surface area contributed by atoms with E-state index in [0.717, 1.165) is 27.2 Å². The first-order chi connectivity index (χ1) is 6.70. The van der Waals surface area contributed by atoms with Gasteiger partial charge in [-0.05, 0) is 36.8 Å². The van der Waals surface area contributed by atoms with Crippen molar-refractivity contribution in [3.63, 3.8) is 0 Å². The fraction of sp³-hybridized carbons (Fsp3) is 0.182. The number of pyridine rings is 1. The highest BCUT2D eigenvalue weighted by atomic mass is 35.5. The maximum absolute atomic E-state index is 5.92. The summed E-state index contributed by atoms with van der Waals surface area (Å²) < 4.78 is 0. The third-order valence-electron chi connectivity index (χ3n) is 2.13. The number of nitrogens with zero attached hydrogens (tertiary/aromatic N) is 1. The van der Waals surface area contributed by atoms with Crippen LogP contribution in [0.15, 0.2) is 24.3 Å². The topological polar surface area (TPSA) is 12.9 Å². The largest absolute Gasteiger partial charge is 0.253 e. The number of hydrogen-bond donors (Lipinski definition) is 0. The molecule has 1 heterocycles. The number of aromatic nitrogens is 1. The highest BCUT2D eigenvalue weighted by molar-refractivity contribution is 6.31.